The van der Waals surface area contributed by atoms with Gasteiger partial charge in [0.05, 0.1) is 5.92 Å². The van der Waals surface area contributed by atoms with E-state index in [1.807, 2.05) is 0 Å². The number of rotatable bonds is 7. The van der Waals surface area contributed by atoms with Crippen molar-refractivity contribution in [3.8, 4) is 0 Å². The minimum atomic E-state index is -3.44. The fourth-order valence-corrected chi connectivity index (χ4v) is 5.42. The summed E-state index contributed by atoms with van der Waals surface area (Å²) in [7, 11) is -0.378. The fraction of sp³-hybridized carbons (Fsp3) is 0.944. The first-order valence-electron chi connectivity index (χ1n) is 9.87. The largest absolute Gasteiger partial charge is 0.356 e. The van der Waals surface area contributed by atoms with Crippen molar-refractivity contribution in [3.05, 3.63) is 0 Å². The molecule has 2 heterocycles. The number of amides is 1. The van der Waals surface area contributed by atoms with E-state index >= 15 is 0 Å². The monoisotopic (exact) mass is 388 g/mol. The van der Waals surface area contributed by atoms with Crippen molar-refractivity contribution in [1.29, 1.82) is 0 Å². The molecule has 0 aromatic rings. The Labute approximate surface area is 159 Å². The maximum atomic E-state index is 12.4. The van der Waals surface area contributed by atoms with Gasteiger partial charge in [-0.1, -0.05) is 13.8 Å². The van der Waals surface area contributed by atoms with Crippen LogP contribution in [0.3, 0.4) is 0 Å². The van der Waals surface area contributed by atoms with Gasteiger partial charge >= 0.3 is 0 Å². The first kappa shape index (κ1) is 21.6. The molecule has 0 saturated carbocycles. The van der Waals surface area contributed by atoms with Crippen molar-refractivity contribution < 1.29 is 13.2 Å². The smallest absolute Gasteiger partial charge is 0.281 e. The number of piperidine rings is 2. The second kappa shape index (κ2) is 9.48. The van der Waals surface area contributed by atoms with E-state index in [9.17, 15) is 13.2 Å². The Hall–Kier alpha value is -0.700. The van der Waals surface area contributed by atoms with Gasteiger partial charge in [-0.3, -0.25) is 4.79 Å². The van der Waals surface area contributed by atoms with Gasteiger partial charge in [0, 0.05) is 46.8 Å². The van der Waals surface area contributed by atoms with E-state index in [0.29, 0.717) is 13.1 Å². The summed E-state index contributed by atoms with van der Waals surface area (Å²) in [4.78, 5) is 14.9. The summed E-state index contributed by atoms with van der Waals surface area (Å²) in [6.07, 6.45) is 3.74. The van der Waals surface area contributed by atoms with Crippen LogP contribution in [0.2, 0.25) is 0 Å². The van der Waals surface area contributed by atoms with Crippen LogP contribution in [0.1, 0.15) is 39.5 Å². The maximum Gasteiger partial charge on any atom is 0.281 e. The molecule has 2 fully saturated rings. The lowest BCUT2D eigenvalue weighted by atomic mass is 9.92. The summed E-state index contributed by atoms with van der Waals surface area (Å²) >= 11 is 0. The molecule has 2 aliphatic rings. The van der Waals surface area contributed by atoms with E-state index in [-0.39, 0.29) is 18.4 Å². The average Bonchev–Trinajstić information content (AvgIpc) is 2.57. The van der Waals surface area contributed by atoms with E-state index in [0.717, 1.165) is 50.7 Å². The zero-order valence-corrected chi connectivity index (χ0v) is 17.6. The summed E-state index contributed by atoms with van der Waals surface area (Å²) in [6, 6.07) is 0. The predicted octanol–water partition coefficient (Wildman–Crippen LogP) is 0.989. The molecule has 3 atom stereocenters. The van der Waals surface area contributed by atoms with Gasteiger partial charge in [-0.15, -0.1) is 0 Å². The van der Waals surface area contributed by atoms with Crippen LogP contribution in [-0.2, 0) is 15.0 Å². The maximum absolute atomic E-state index is 12.4. The fourth-order valence-electron chi connectivity index (χ4n) is 4.23. The van der Waals surface area contributed by atoms with Crippen molar-refractivity contribution in [2.75, 3.05) is 53.4 Å². The van der Waals surface area contributed by atoms with Crippen LogP contribution in [0.5, 0.6) is 0 Å². The number of likely N-dealkylation sites (tertiary alicyclic amines) is 1. The molecule has 8 heteroatoms. The van der Waals surface area contributed by atoms with Crippen LogP contribution in [0.15, 0.2) is 0 Å². The lowest BCUT2D eigenvalue weighted by Gasteiger charge is -2.35. The highest BCUT2D eigenvalue weighted by Crippen LogP contribution is 2.21. The molecule has 7 nitrogen and oxygen atoms in total. The highest BCUT2D eigenvalue weighted by Gasteiger charge is 2.33. The van der Waals surface area contributed by atoms with Gasteiger partial charge in [-0.25, -0.2) is 0 Å². The molecule has 0 bridgehead atoms. The van der Waals surface area contributed by atoms with Crippen molar-refractivity contribution in [3.63, 3.8) is 0 Å². The van der Waals surface area contributed by atoms with Gasteiger partial charge in [0.1, 0.15) is 0 Å². The molecule has 26 heavy (non-hydrogen) atoms. The summed E-state index contributed by atoms with van der Waals surface area (Å²) in [5.41, 5.74) is 0. The highest BCUT2D eigenvalue weighted by atomic mass is 32.2. The molecule has 2 rings (SSSR count). The average molecular weight is 389 g/mol. The number of carbonyl (C=O) groups is 1. The van der Waals surface area contributed by atoms with Crippen LogP contribution >= 0.6 is 0 Å². The Bertz CT molecular complexity index is 557. The summed E-state index contributed by atoms with van der Waals surface area (Å²) < 4.78 is 27.2. The Kier molecular flexibility index (Phi) is 7.88. The molecule has 0 aromatic carbocycles. The number of hydrogen-bond donors (Lipinski definition) is 1. The molecule has 2 saturated heterocycles. The van der Waals surface area contributed by atoms with Crippen molar-refractivity contribution in [1.82, 2.24) is 18.8 Å². The number of carbonyl (C=O) groups excluding carboxylic acids is 1. The number of nitrogens with zero attached hydrogens (tertiary/aromatic N) is 3. The standard InChI is InChI=1S/C18H36N4O3S/c1-15-11-16(2)13-21(12-15)9-6-8-19-18(23)17-7-5-10-22(14-17)26(24,25)20(3)4/h15-17H,5-14H2,1-4H3,(H,19,23)/t15-,16-,17+/m1/s1. The van der Waals surface area contributed by atoms with Crippen LogP contribution in [0.25, 0.3) is 0 Å². The van der Waals surface area contributed by atoms with Crippen molar-refractivity contribution >= 4 is 16.1 Å². The summed E-state index contributed by atoms with van der Waals surface area (Å²) in [6.45, 7) is 9.37. The minimum absolute atomic E-state index is 0.0102. The molecule has 0 spiro atoms. The van der Waals surface area contributed by atoms with E-state index in [2.05, 4.69) is 24.1 Å². The zero-order valence-electron chi connectivity index (χ0n) is 16.8. The van der Waals surface area contributed by atoms with E-state index < -0.39 is 10.2 Å². The molecule has 0 aliphatic carbocycles. The zero-order chi connectivity index (χ0) is 19.3. The van der Waals surface area contributed by atoms with Crippen LogP contribution in [0, 0.1) is 17.8 Å². The SMILES string of the molecule is C[C@@H]1C[C@@H](C)CN(CCCNC(=O)[C@H]2CCCN(S(=O)(=O)N(C)C)C2)C1. The van der Waals surface area contributed by atoms with Crippen LogP contribution in [-0.4, -0.2) is 81.2 Å². The second-order valence-corrected chi connectivity index (χ2v) is 10.5. The Morgan fingerprint density at radius 1 is 1.15 bits per heavy atom. The Morgan fingerprint density at radius 3 is 2.42 bits per heavy atom. The Balaban J connectivity index is 1.72. The lowest BCUT2D eigenvalue weighted by Crippen LogP contribution is -2.49. The van der Waals surface area contributed by atoms with Crippen molar-refractivity contribution in [2.45, 2.75) is 39.5 Å². The predicted molar refractivity (Wildman–Crippen MR) is 104 cm³/mol. The molecular formula is C18H36N4O3S. The molecule has 152 valence electrons. The Morgan fingerprint density at radius 2 is 1.81 bits per heavy atom. The van der Waals surface area contributed by atoms with Gasteiger partial charge in [0.2, 0.25) is 5.91 Å². The lowest BCUT2D eigenvalue weighted by molar-refractivity contribution is -0.126. The van der Waals surface area contributed by atoms with E-state index in [4.69, 9.17) is 0 Å². The van der Waals surface area contributed by atoms with Gasteiger partial charge in [-0.05, 0) is 44.1 Å². The molecule has 0 aromatic heterocycles. The van der Waals surface area contributed by atoms with Crippen molar-refractivity contribution in [2.24, 2.45) is 17.8 Å². The first-order valence-corrected chi connectivity index (χ1v) is 11.3. The second-order valence-electron chi connectivity index (χ2n) is 8.34. The van der Waals surface area contributed by atoms with E-state index in [1.54, 1.807) is 0 Å². The van der Waals surface area contributed by atoms with Crippen LogP contribution in [0.4, 0.5) is 0 Å². The highest BCUT2D eigenvalue weighted by molar-refractivity contribution is 7.86. The molecule has 0 radical (unpaired) electrons. The third kappa shape index (κ3) is 5.90. The molecule has 1 amide bonds. The molecular weight excluding hydrogens is 352 g/mol. The summed E-state index contributed by atoms with van der Waals surface area (Å²) in [5.74, 6) is 1.25. The topological polar surface area (TPSA) is 73.0 Å². The molecule has 0 unspecified atom stereocenters. The summed E-state index contributed by atoms with van der Waals surface area (Å²) in [5, 5.41) is 3.01. The van der Waals surface area contributed by atoms with Gasteiger partial charge in [0.15, 0.2) is 0 Å². The molecule has 1 N–H and O–H groups in total. The van der Waals surface area contributed by atoms with Crippen LogP contribution < -0.4 is 5.32 Å². The third-order valence-corrected chi connectivity index (χ3v) is 7.34. The normalized spacial score (nSPS) is 29.0. The minimum Gasteiger partial charge on any atom is -0.356 e. The first-order chi connectivity index (χ1) is 12.2. The quantitative estimate of drug-likeness (QED) is 0.660. The molecule has 2 aliphatic heterocycles. The van der Waals surface area contributed by atoms with Gasteiger partial charge < -0.3 is 10.2 Å². The third-order valence-electron chi connectivity index (χ3n) is 5.44. The number of nitrogens with one attached hydrogen (secondary N) is 1. The van der Waals surface area contributed by atoms with E-state index in [1.165, 1.54) is 29.1 Å². The van der Waals surface area contributed by atoms with Gasteiger partial charge in [-0.2, -0.15) is 17.0 Å². The number of hydrogen-bond acceptors (Lipinski definition) is 4. The van der Waals surface area contributed by atoms with Gasteiger partial charge in [0.25, 0.3) is 10.2 Å².